The van der Waals surface area contributed by atoms with Gasteiger partial charge in [-0.25, -0.2) is 9.97 Å². The molecular weight excluding hydrogens is 500 g/mol. The van der Waals surface area contributed by atoms with Crippen molar-refractivity contribution >= 4 is 31.9 Å². The third-order valence-electron chi connectivity index (χ3n) is 1.82. The maximum atomic E-state index is 3.43. The Morgan fingerprint density at radius 1 is 0.800 bits per heavy atom. The Kier molecular flexibility index (Phi) is 5.06. The van der Waals surface area contributed by atoms with Crippen LogP contribution in [0.4, 0.5) is 0 Å². The van der Waals surface area contributed by atoms with Gasteiger partial charge in [-0.2, -0.15) is 0 Å². The van der Waals surface area contributed by atoms with Crippen LogP contribution in [0, 0.1) is 0 Å². The average molecular weight is 508 g/mol. The van der Waals surface area contributed by atoms with Gasteiger partial charge in [0.15, 0.2) is 12.4 Å². The van der Waals surface area contributed by atoms with Crippen LogP contribution in [0.5, 0.6) is 0 Å². The molecule has 0 atom stereocenters. The smallest absolute Gasteiger partial charge is 0.206 e. The quantitative estimate of drug-likeness (QED) is 0.567. The van der Waals surface area contributed by atoms with Gasteiger partial charge in [-0.3, -0.25) is 0 Å². The van der Waals surface area contributed by atoms with Gasteiger partial charge in [-0.05, 0) is 0 Å². The first-order chi connectivity index (χ1) is 6.75. The zero-order chi connectivity index (χ0) is 9.97. The number of hydrogen-bond donors (Lipinski definition) is 0. The minimum absolute atomic E-state index is 0. The van der Waals surface area contributed by atoms with Gasteiger partial charge in [-0.15, -0.1) is 0 Å². The Bertz CT molecular complexity index is 419. The average Bonchev–Trinajstić information content (AvgIpc) is 2.18. The second-order valence-electron chi connectivity index (χ2n) is 2.84. The van der Waals surface area contributed by atoms with Crippen LogP contribution < -0.4 is 9.97 Å². The van der Waals surface area contributed by atoms with Gasteiger partial charge in [0.1, 0.15) is 0 Å². The first kappa shape index (κ1) is 13.0. The van der Waals surface area contributed by atoms with Crippen LogP contribution in [0.25, 0.3) is 11.4 Å². The minimum Gasteiger partial charge on any atom is -0.206 e. The van der Waals surface area contributed by atoms with E-state index in [1.54, 1.807) is 0 Å². The molecule has 2 aromatic rings. The third-order valence-corrected chi connectivity index (χ3v) is 2.80. The monoisotopic (exact) mass is 507 g/mol. The van der Waals surface area contributed by atoms with Crippen LogP contribution in [0.3, 0.4) is 0 Å². The van der Waals surface area contributed by atoms with Gasteiger partial charge in [0.25, 0.3) is 11.4 Å². The molecule has 0 spiro atoms. The topological polar surface area (TPSA) is 28.3 Å². The summed E-state index contributed by atoms with van der Waals surface area (Å²) in [6.45, 7) is 0. The number of aromatic nitrogens is 2. The van der Waals surface area contributed by atoms with Gasteiger partial charge >= 0.3 is 20.1 Å². The second kappa shape index (κ2) is 5.85. The van der Waals surface area contributed by atoms with Gasteiger partial charge < -0.3 is 0 Å². The van der Waals surface area contributed by atoms with Crippen LogP contribution in [0.15, 0.2) is 45.6 Å². The molecule has 0 aromatic carbocycles. The maximum Gasteiger partial charge on any atom is 3.00 e. The standard InChI is InChI=1S/C10H6Br2N2.Ir/c11-7-1-3-13-9(5-7)10-6-8(12)2-4-14-10;/h1-6H;/q;+3/p+2. The van der Waals surface area contributed by atoms with Crippen LogP contribution in [0.2, 0.25) is 0 Å². The number of pyridine rings is 2. The van der Waals surface area contributed by atoms with Crippen LogP contribution in [-0.4, -0.2) is 0 Å². The van der Waals surface area contributed by atoms with Crippen LogP contribution >= 0.6 is 31.9 Å². The molecule has 15 heavy (non-hydrogen) atoms. The predicted octanol–water partition coefficient (Wildman–Crippen LogP) is 2.50. The zero-order valence-electron chi connectivity index (χ0n) is 7.55. The maximum absolute atomic E-state index is 3.43. The van der Waals surface area contributed by atoms with E-state index in [9.17, 15) is 0 Å². The van der Waals surface area contributed by atoms with Crippen molar-refractivity contribution in [3.63, 3.8) is 0 Å². The molecule has 0 aliphatic carbocycles. The fourth-order valence-corrected chi connectivity index (χ4v) is 1.91. The van der Waals surface area contributed by atoms with Crippen molar-refractivity contribution in [2.45, 2.75) is 0 Å². The van der Waals surface area contributed by atoms with Crippen molar-refractivity contribution < 1.29 is 30.1 Å². The van der Waals surface area contributed by atoms with Crippen molar-refractivity contribution in [3.05, 3.63) is 45.6 Å². The van der Waals surface area contributed by atoms with Crippen molar-refractivity contribution in [3.8, 4) is 11.4 Å². The molecule has 2 heterocycles. The molecule has 2 aromatic heterocycles. The van der Waals surface area contributed by atoms with E-state index in [1.807, 2.05) is 36.7 Å². The fraction of sp³-hybridized carbons (Fsp3) is 0. The molecule has 0 unspecified atom stereocenters. The molecular formula is C10H8Br2IrN2+5. The normalized spacial score (nSPS) is 9.47. The molecule has 2 rings (SSSR count). The molecule has 0 aliphatic heterocycles. The summed E-state index contributed by atoms with van der Waals surface area (Å²) in [6, 6.07) is 7.97. The summed E-state index contributed by atoms with van der Waals surface area (Å²) >= 11 is 6.86. The van der Waals surface area contributed by atoms with Crippen molar-refractivity contribution in [2.75, 3.05) is 0 Å². The summed E-state index contributed by atoms with van der Waals surface area (Å²) < 4.78 is 2.11. The Hall–Kier alpha value is -0.0906. The van der Waals surface area contributed by atoms with Gasteiger partial charge in [-0.1, -0.05) is 31.9 Å². The molecule has 2 N–H and O–H groups in total. The summed E-state index contributed by atoms with van der Waals surface area (Å²) in [5.41, 5.74) is 2.08. The molecule has 0 amide bonds. The SMILES string of the molecule is Brc1cc[nH+]c(-c2cc(Br)cc[nH+]2)c1.[Ir+3]. The van der Waals surface area contributed by atoms with Gasteiger partial charge in [0.2, 0.25) is 0 Å². The molecule has 0 saturated carbocycles. The molecule has 76 valence electrons. The van der Waals surface area contributed by atoms with Crippen LogP contribution in [0.1, 0.15) is 0 Å². The minimum atomic E-state index is 0. The largest absolute Gasteiger partial charge is 3.00 e. The van der Waals surface area contributed by atoms with E-state index in [2.05, 4.69) is 41.8 Å². The zero-order valence-corrected chi connectivity index (χ0v) is 13.1. The summed E-state index contributed by atoms with van der Waals surface area (Å²) in [6.07, 6.45) is 3.79. The van der Waals surface area contributed by atoms with Crippen molar-refractivity contribution in [1.29, 1.82) is 0 Å². The second-order valence-corrected chi connectivity index (χ2v) is 4.67. The summed E-state index contributed by atoms with van der Waals surface area (Å²) in [5, 5.41) is 0. The van der Waals surface area contributed by atoms with Crippen molar-refractivity contribution in [1.82, 2.24) is 0 Å². The Morgan fingerprint density at radius 3 is 1.53 bits per heavy atom. The number of halogens is 2. The molecule has 2 nitrogen and oxygen atoms in total. The molecule has 0 bridgehead atoms. The molecule has 0 saturated heterocycles. The summed E-state index contributed by atoms with van der Waals surface area (Å²) in [4.78, 5) is 6.34. The Labute approximate surface area is 118 Å². The molecule has 0 radical (unpaired) electrons. The van der Waals surface area contributed by atoms with E-state index in [-0.39, 0.29) is 20.1 Å². The number of H-pyrrole nitrogens is 2. The van der Waals surface area contributed by atoms with E-state index in [0.717, 1.165) is 20.3 Å². The van der Waals surface area contributed by atoms with Gasteiger partial charge in [0.05, 0.1) is 0 Å². The van der Waals surface area contributed by atoms with E-state index < -0.39 is 0 Å². The Morgan fingerprint density at radius 2 is 1.20 bits per heavy atom. The molecule has 0 aliphatic rings. The van der Waals surface area contributed by atoms with E-state index in [1.165, 1.54) is 0 Å². The van der Waals surface area contributed by atoms with Crippen LogP contribution in [-0.2, 0) is 20.1 Å². The van der Waals surface area contributed by atoms with E-state index in [4.69, 9.17) is 0 Å². The van der Waals surface area contributed by atoms with E-state index >= 15 is 0 Å². The number of aromatic amines is 2. The predicted molar refractivity (Wildman–Crippen MR) is 60.4 cm³/mol. The number of rotatable bonds is 1. The summed E-state index contributed by atoms with van der Waals surface area (Å²) in [5.74, 6) is 0. The molecule has 0 fully saturated rings. The number of nitrogens with one attached hydrogen (secondary N) is 2. The first-order valence-corrected chi connectivity index (χ1v) is 5.69. The number of hydrogen-bond acceptors (Lipinski definition) is 0. The van der Waals surface area contributed by atoms with E-state index in [0.29, 0.717) is 0 Å². The van der Waals surface area contributed by atoms with Crippen molar-refractivity contribution in [2.24, 2.45) is 0 Å². The first-order valence-electron chi connectivity index (χ1n) is 4.10. The van der Waals surface area contributed by atoms with Gasteiger partial charge in [0, 0.05) is 33.2 Å². The third kappa shape index (κ3) is 3.45. The summed E-state index contributed by atoms with van der Waals surface area (Å²) in [7, 11) is 0. The molecule has 5 heteroatoms. The Balaban J connectivity index is 0.00000112. The fourth-order valence-electron chi connectivity index (χ4n) is 1.19.